The van der Waals surface area contributed by atoms with Crippen LogP contribution in [0.25, 0.3) is 0 Å². The Hall–Kier alpha value is -1.69. The van der Waals surface area contributed by atoms with E-state index in [9.17, 15) is 8.42 Å². The quantitative estimate of drug-likeness (QED) is 0.860. The molecule has 2 rings (SSSR count). The van der Waals surface area contributed by atoms with Gasteiger partial charge in [0.25, 0.3) is 0 Å². The molecule has 0 saturated carbocycles. The minimum absolute atomic E-state index is 0.288. The highest BCUT2D eigenvalue weighted by molar-refractivity contribution is 7.89. The summed E-state index contributed by atoms with van der Waals surface area (Å²) in [6.45, 7) is 2.81. The molecule has 21 heavy (non-hydrogen) atoms. The smallest absolute Gasteiger partial charge is 0.241 e. The molecule has 0 fully saturated rings. The Bertz CT molecular complexity index is 694. The minimum atomic E-state index is -3.51. The van der Waals surface area contributed by atoms with Crippen LogP contribution < -0.4 is 10.0 Å². The molecule has 0 aromatic heterocycles. The Morgan fingerprint density at radius 3 is 2.29 bits per heavy atom. The maximum atomic E-state index is 12.4. The number of nitrogens with one attached hydrogen (secondary N) is 2. The van der Waals surface area contributed by atoms with Gasteiger partial charge in [-0.1, -0.05) is 48.0 Å². The van der Waals surface area contributed by atoms with Crippen molar-refractivity contribution in [2.45, 2.75) is 24.9 Å². The van der Waals surface area contributed by atoms with E-state index in [4.69, 9.17) is 0 Å². The van der Waals surface area contributed by atoms with Crippen molar-refractivity contribution in [2.24, 2.45) is 0 Å². The summed E-state index contributed by atoms with van der Waals surface area (Å²) in [5.41, 5.74) is 2.85. The molecule has 2 N–H and O–H groups in total. The molecule has 0 aliphatic heterocycles. The van der Waals surface area contributed by atoms with Gasteiger partial charge in [-0.2, -0.15) is 0 Å². The van der Waals surface area contributed by atoms with E-state index in [0.29, 0.717) is 11.4 Å². The zero-order valence-electron chi connectivity index (χ0n) is 12.3. The Balaban J connectivity index is 2.17. The van der Waals surface area contributed by atoms with Crippen LogP contribution >= 0.6 is 0 Å². The standard InChI is InChI=1S/C16H20N2O2S/c1-13-7-9-14(10-8-13)11-18-21(19,20)16-6-4-3-5-15(16)12-17-2/h3-10,17-18H,11-12H2,1-2H3. The highest BCUT2D eigenvalue weighted by Crippen LogP contribution is 2.15. The molecule has 0 radical (unpaired) electrons. The maximum absolute atomic E-state index is 12.4. The predicted molar refractivity (Wildman–Crippen MR) is 84.4 cm³/mol. The van der Waals surface area contributed by atoms with E-state index in [1.165, 1.54) is 0 Å². The van der Waals surface area contributed by atoms with Crippen molar-refractivity contribution in [1.82, 2.24) is 10.0 Å². The Labute approximate surface area is 126 Å². The van der Waals surface area contributed by atoms with Crippen LogP contribution in [0.1, 0.15) is 16.7 Å². The van der Waals surface area contributed by atoms with Gasteiger partial charge in [0, 0.05) is 13.1 Å². The van der Waals surface area contributed by atoms with Crippen molar-refractivity contribution in [3.05, 3.63) is 65.2 Å². The third-order valence-electron chi connectivity index (χ3n) is 3.22. The highest BCUT2D eigenvalue weighted by atomic mass is 32.2. The van der Waals surface area contributed by atoms with Crippen molar-refractivity contribution in [3.8, 4) is 0 Å². The van der Waals surface area contributed by atoms with Crippen molar-refractivity contribution in [3.63, 3.8) is 0 Å². The Kier molecular flexibility index (Phi) is 5.12. The Morgan fingerprint density at radius 1 is 0.952 bits per heavy atom. The molecule has 0 bridgehead atoms. The molecular weight excluding hydrogens is 284 g/mol. The summed E-state index contributed by atoms with van der Waals surface area (Å²) in [5, 5.41) is 2.98. The number of sulfonamides is 1. The van der Waals surface area contributed by atoms with Gasteiger partial charge in [0.2, 0.25) is 10.0 Å². The van der Waals surface area contributed by atoms with Crippen LogP contribution in [-0.2, 0) is 23.1 Å². The zero-order valence-corrected chi connectivity index (χ0v) is 13.1. The van der Waals surface area contributed by atoms with Crippen LogP contribution in [0.4, 0.5) is 0 Å². The average Bonchev–Trinajstić information content (AvgIpc) is 2.47. The van der Waals surface area contributed by atoms with Crippen LogP contribution in [-0.4, -0.2) is 15.5 Å². The fourth-order valence-corrected chi connectivity index (χ4v) is 3.32. The lowest BCUT2D eigenvalue weighted by atomic mass is 10.2. The number of aryl methyl sites for hydroxylation is 1. The molecule has 0 saturated heterocycles. The molecule has 0 amide bonds. The van der Waals surface area contributed by atoms with Crippen LogP contribution in [0.15, 0.2) is 53.4 Å². The lowest BCUT2D eigenvalue weighted by Gasteiger charge is -2.11. The SMILES string of the molecule is CNCc1ccccc1S(=O)(=O)NCc1ccc(C)cc1. The van der Waals surface area contributed by atoms with E-state index in [1.807, 2.05) is 43.3 Å². The monoisotopic (exact) mass is 304 g/mol. The van der Waals surface area contributed by atoms with Crippen molar-refractivity contribution >= 4 is 10.0 Å². The second-order valence-corrected chi connectivity index (χ2v) is 6.68. The maximum Gasteiger partial charge on any atom is 0.241 e. The summed E-state index contributed by atoms with van der Waals surface area (Å²) in [6.07, 6.45) is 0. The van der Waals surface area contributed by atoms with Gasteiger partial charge in [-0.05, 0) is 31.2 Å². The highest BCUT2D eigenvalue weighted by Gasteiger charge is 2.17. The molecule has 0 aliphatic carbocycles. The summed E-state index contributed by atoms with van der Waals surface area (Å²) < 4.78 is 27.5. The topological polar surface area (TPSA) is 58.2 Å². The molecule has 0 unspecified atom stereocenters. The zero-order chi connectivity index (χ0) is 15.3. The first kappa shape index (κ1) is 15.7. The first-order chi connectivity index (χ1) is 10.0. The summed E-state index contributed by atoms with van der Waals surface area (Å²) in [5.74, 6) is 0. The molecule has 0 aliphatic rings. The lowest BCUT2D eigenvalue weighted by molar-refractivity contribution is 0.579. The van der Waals surface area contributed by atoms with E-state index >= 15 is 0 Å². The third-order valence-corrected chi connectivity index (χ3v) is 4.72. The van der Waals surface area contributed by atoms with E-state index in [-0.39, 0.29) is 6.54 Å². The van der Waals surface area contributed by atoms with Crippen molar-refractivity contribution in [2.75, 3.05) is 7.05 Å². The van der Waals surface area contributed by atoms with E-state index in [0.717, 1.165) is 16.7 Å². The largest absolute Gasteiger partial charge is 0.316 e. The number of hydrogen-bond donors (Lipinski definition) is 2. The molecule has 2 aromatic carbocycles. The van der Waals surface area contributed by atoms with E-state index in [2.05, 4.69) is 10.0 Å². The van der Waals surface area contributed by atoms with E-state index in [1.54, 1.807) is 19.2 Å². The van der Waals surface area contributed by atoms with Gasteiger partial charge in [0.15, 0.2) is 0 Å². The van der Waals surface area contributed by atoms with Gasteiger partial charge >= 0.3 is 0 Å². The lowest BCUT2D eigenvalue weighted by Crippen LogP contribution is -2.25. The molecule has 4 nitrogen and oxygen atoms in total. The summed E-state index contributed by atoms with van der Waals surface area (Å²) in [4.78, 5) is 0.325. The van der Waals surface area contributed by atoms with Gasteiger partial charge in [0.1, 0.15) is 0 Å². The fourth-order valence-electron chi connectivity index (χ4n) is 2.06. The van der Waals surface area contributed by atoms with Gasteiger partial charge in [0.05, 0.1) is 4.90 Å². The van der Waals surface area contributed by atoms with E-state index < -0.39 is 10.0 Å². The molecule has 0 atom stereocenters. The number of benzene rings is 2. The molecule has 0 heterocycles. The van der Waals surface area contributed by atoms with Crippen LogP contribution in [0.5, 0.6) is 0 Å². The predicted octanol–water partition coefficient (Wildman–Crippen LogP) is 2.19. The Morgan fingerprint density at radius 2 is 1.62 bits per heavy atom. The van der Waals surface area contributed by atoms with Gasteiger partial charge < -0.3 is 5.32 Å². The van der Waals surface area contributed by atoms with Crippen molar-refractivity contribution in [1.29, 1.82) is 0 Å². The van der Waals surface area contributed by atoms with Crippen LogP contribution in [0.3, 0.4) is 0 Å². The molecule has 0 spiro atoms. The van der Waals surface area contributed by atoms with Gasteiger partial charge in [-0.15, -0.1) is 0 Å². The second-order valence-electron chi connectivity index (χ2n) is 4.95. The van der Waals surface area contributed by atoms with Gasteiger partial charge in [-0.3, -0.25) is 0 Å². The van der Waals surface area contributed by atoms with Crippen molar-refractivity contribution < 1.29 is 8.42 Å². The molecular formula is C16H20N2O2S. The average molecular weight is 304 g/mol. The minimum Gasteiger partial charge on any atom is -0.316 e. The summed E-state index contributed by atoms with van der Waals surface area (Å²) in [7, 11) is -1.72. The first-order valence-corrected chi connectivity index (χ1v) is 8.29. The second kappa shape index (κ2) is 6.85. The summed E-state index contributed by atoms with van der Waals surface area (Å²) >= 11 is 0. The fraction of sp³-hybridized carbons (Fsp3) is 0.250. The third kappa shape index (κ3) is 4.14. The number of hydrogen-bond acceptors (Lipinski definition) is 3. The van der Waals surface area contributed by atoms with Gasteiger partial charge in [-0.25, -0.2) is 13.1 Å². The molecule has 112 valence electrons. The number of rotatable bonds is 6. The normalized spacial score (nSPS) is 11.5. The van der Waals surface area contributed by atoms with Crippen LogP contribution in [0, 0.1) is 6.92 Å². The first-order valence-electron chi connectivity index (χ1n) is 6.80. The summed E-state index contributed by atoms with van der Waals surface area (Å²) in [6, 6.07) is 14.8. The molecule has 5 heteroatoms. The van der Waals surface area contributed by atoms with Crippen LogP contribution in [0.2, 0.25) is 0 Å². The molecule has 2 aromatic rings.